The quantitative estimate of drug-likeness (QED) is 0.941. The van der Waals surface area contributed by atoms with Gasteiger partial charge in [0, 0.05) is 30.6 Å². The molecule has 2 heterocycles. The Hall–Kier alpha value is -2.10. The maximum absolute atomic E-state index is 11.1. The molecule has 0 spiro atoms. The molecule has 2 aromatic rings. The van der Waals surface area contributed by atoms with Crippen LogP contribution in [0.5, 0.6) is 0 Å². The van der Waals surface area contributed by atoms with E-state index < -0.39 is 0 Å². The van der Waals surface area contributed by atoms with E-state index in [0.29, 0.717) is 12.3 Å². The topological polar surface area (TPSA) is 59.2 Å². The summed E-state index contributed by atoms with van der Waals surface area (Å²) < 4.78 is 0. The average Bonchev–Trinajstić information content (AvgIpc) is 2.87. The smallest absolute Gasteiger partial charge is 0.217 e. The number of nitrogens with zero attached hydrogens (tertiary/aromatic N) is 2. The first kappa shape index (κ1) is 13.9. The molecule has 4 nitrogen and oxygen atoms in total. The van der Waals surface area contributed by atoms with Gasteiger partial charge in [-0.3, -0.25) is 9.78 Å². The lowest BCUT2D eigenvalue weighted by molar-refractivity contribution is -0.118. The SMILES string of the molecule is Cc1nc2ccccc2c(N2CCC(CC(N)=O)C2)c1C. The summed E-state index contributed by atoms with van der Waals surface area (Å²) >= 11 is 0. The van der Waals surface area contributed by atoms with Crippen molar-refractivity contribution >= 4 is 22.5 Å². The molecule has 1 atom stereocenters. The van der Waals surface area contributed by atoms with E-state index >= 15 is 0 Å². The number of primary amides is 1. The summed E-state index contributed by atoms with van der Waals surface area (Å²) in [5.41, 5.74) is 9.94. The van der Waals surface area contributed by atoms with Crippen LogP contribution < -0.4 is 10.6 Å². The van der Waals surface area contributed by atoms with Gasteiger partial charge in [0.25, 0.3) is 0 Å². The Kier molecular flexibility index (Phi) is 3.53. The minimum Gasteiger partial charge on any atom is -0.370 e. The first-order valence-electron chi connectivity index (χ1n) is 7.45. The normalized spacial score (nSPS) is 18.4. The van der Waals surface area contributed by atoms with Crippen LogP contribution in [0.1, 0.15) is 24.1 Å². The number of fused-ring (bicyclic) bond motifs is 1. The highest BCUT2D eigenvalue weighted by atomic mass is 16.1. The molecule has 0 saturated carbocycles. The molecule has 1 aliphatic heterocycles. The molecule has 1 amide bonds. The van der Waals surface area contributed by atoms with E-state index in [1.807, 2.05) is 6.07 Å². The number of aromatic nitrogens is 1. The number of rotatable bonds is 3. The van der Waals surface area contributed by atoms with Gasteiger partial charge in [-0.1, -0.05) is 18.2 Å². The highest BCUT2D eigenvalue weighted by Gasteiger charge is 2.26. The minimum atomic E-state index is -0.200. The van der Waals surface area contributed by atoms with Gasteiger partial charge in [-0.15, -0.1) is 0 Å². The summed E-state index contributed by atoms with van der Waals surface area (Å²) in [6.45, 7) is 6.07. The maximum atomic E-state index is 11.1. The first-order chi connectivity index (χ1) is 10.1. The Morgan fingerprint density at radius 1 is 1.38 bits per heavy atom. The average molecular weight is 283 g/mol. The van der Waals surface area contributed by atoms with Gasteiger partial charge in [0.05, 0.1) is 11.2 Å². The molecule has 1 unspecified atom stereocenters. The molecule has 21 heavy (non-hydrogen) atoms. The zero-order valence-corrected chi connectivity index (χ0v) is 12.6. The van der Waals surface area contributed by atoms with Gasteiger partial charge >= 0.3 is 0 Å². The Morgan fingerprint density at radius 2 is 2.14 bits per heavy atom. The zero-order chi connectivity index (χ0) is 15.0. The molecule has 0 aliphatic carbocycles. The molecular formula is C17H21N3O. The number of amides is 1. The molecule has 3 rings (SSSR count). The fourth-order valence-electron chi connectivity index (χ4n) is 3.30. The van der Waals surface area contributed by atoms with Gasteiger partial charge in [0.15, 0.2) is 0 Å². The third-order valence-corrected chi connectivity index (χ3v) is 4.44. The van der Waals surface area contributed by atoms with E-state index in [-0.39, 0.29) is 5.91 Å². The van der Waals surface area contributed by atoms with Crippen molar-refractivity contribution in [2.45, 2.75) is 26.7 Å². The van der Waals surface area contributed by atoms with E-state index in [0.717, 1.165) is 30.7 Å². The van der Waals surface area contributed by atoms with E-state index in [1.54, 1.807) is 0 Å². The van der Waals surface area contributed by atoms with Crippen LogP contribution >= 0.6 is 0 Å². The van der Waals surface area contributed by atoms with Crippen molar-refractivity contribution in [2.75, 3.05) is 18.0 Å². The summed E-state index contributed by atoms with van der Waals surface area (Å²) in [6.07, 6.45) is 1.51. The van der Waals surface area contributed by atoms with Crippen molar-refractivity contribution in [3.05, 3.63) is 35.5 Å². The molecule has 1 aromatic carbocycles. The molecule has 0 radical (unpaired) electrons. The molecule has 1 saturated heterocycles. The molecule has 1 aromatic heterocycles. The van der Waals surface area contributed by atoms with Crippen LogP contribution in [-0.4, -0.2) is 24.0 Å². The van der Waals surface area contributed by atoms with Crippen molar-refractivity contribution in [3.8, 4) is 0 Å². The van der Waals surface area contributed by atoms with Crippen LogP contribution in [-0.2, 0) is 4.79 Å². The molecule has 2 N–H and O–H groups in total. The Balaban J connectivity index is 2.01. The third kappa shape index (κ3) is 2.58. The second kappa shape index (κ2) is 5.35. The number of anilines is 1. The van der Waals surface area contributed by atoms with Gasteiger partial charge in [-0.2, -0.15) is 0 Å². The Morgan fingerprint density at radius 3 is 2.90 bits per heavy atom. The van der Waals surface area contributed by atoms with Crippen molar-refractivity contribution in [1.82, 2.24) is 4.98 Å². The standard InChI is InChI=1S/C17H21N3O/c1-11-12(2)19-15-6-4-3-5-14(15)17(11)20-8-7-13(10-20)9-16(18)21/h3-6,13H,7-10H2,1-2H3,(H2,18,21). The van der Waals surface area contributed by atoms with E-state index in [9.17, 15) is 4.79 Å². The summed E-state index contributed by atoms with van der Waals surface area (Å²) in [7, 11) is 0. The number of aryl methyl sites for hydroxylation is 1. The molecule has 1 aliphatic rings. The van der Waals surface area contributed by atoms with Gasteiger partial charge in [0.1, 0.15) is 0 Å². The van der Waals surface area contributed by atoms with Crippen LogP contribution in [0.2, 0.25) is 0 Å². The van der Waals surface area contributed by atoms with E-state index in [4.69, 9.17) is 5.73 Å². The van der Waals surface area contributed by atoms with Crippen LogP contribution in [0.25, 0.3) is 10.9 Å². The molecule has 4 heteroatoms. The zero-order valence-electron chi connectivity index (χ0n) is 12.6. The lowest BCUT2D eigenvalue weighted by Gasteiger charge is -2.24. The number of carbonyl (C=O) groups excluding carboxylic acids is 1. The number of hydrogen-bond acceptors (Lipinski definition) is 3. The van der Waals surface area contributed by atoms with Crippen LogP contribution in [0.3, 0.4) is 0 Å². The Bertz CT molecular complexity index is 696. The number of hydrogen-bond donors (Lipinski definition) is 1. The van der Waals surface area contributed by atoms with E-state index in [1.165, 1.54) is 16.6 Å². The number of benzene rings is 1. The van der Waals surface area contributed by atoms with Crippen molar-refractivity contribution in [2.24, 2.45) is 11.7 Å². The summed E-state index contributed by atoms with van der Waals surface area (Å²) in [6, 6.07) is 8.26. The van der Waals surface area contributed by atoms with Crippen LogP contribution in [0.4, 0.5) is 5.69 Å². The summed E-state index contributed by atoms with van der Waals surface area (Å²) in [5.74, 6) is 0.170. The van der Waals surface area contributed by atoms with Crippen molar-refractivity contribution in [3.63, 3.8) is 0 Å². The van der Waals surface area contributed by atoms with E-state index in [2.05, 4.69) is 41.9 Å². The minimum absolute atomic E-state index is 0.200. The number of pyridine rings is 1. The number of nitrogens with two attached hydrogens (primary N) is 1. The summed E-state index contributed by atoms with van der Waals surface area (Å²) in [4.78, 5) is 18.2. The van der Waals surface area contributed by atoms with Gasteiger partial charge in [-0.05, 0) is 37.8 Å². The van der Waals surface area contributed by atoms with Gasteiger partial charge in [0.2, 0.25) is 5.91 Å². The lowest BCUT2D eigenvalue weighted by atomic mass is 10.0. The fraction of sp³-hybridized carbons (Fsp3) is 0.412. The number of carbonyl (C=O) groups is 1. The molecule has 0 bridgehead atoms. The lowest BCUT2D eigenvalue weighted by Crippen LogP contribution is -2.23. The highest BCUT2D eigenvalue weighted by molar-refractivity contribution is 5.94. The third-order valence-electron chi connectivity index (χ3n) is 4.44. The predicted octanol–water partition coefficient (Wildman–Crippen LogP) is 2.55. The summed E-state index contributed by atoms with van der Waals surface area (Å²) in [5, 5.41) is 1.19. The predicted molar refractivity (Wildman–Crippen MR) is 85.3 cm³/mol. The monoisotopic (exact) mass is 283 g/mol. The largest absolute Gasteiger partial charge is 0.370 e. The molecular weight excluding hydrogens is 262 g/mol. The van der Waals surface area contributed by atoms with Crippen LogP contribution in [0.15, 0.2) is 24.3 Å². The Labute approximate surface area is 125 Å². The number of para-hydroxylation sites is 1. The van der Waals surface area contributed by atoms with Gasteiger partial charge < -0.3 is 10.6 Å². The maximum Gasteiger partial charge on any atom is 0.217 e. The fourth-order valence-corrected chi connectivity index (χ4v) is 3.30. The highest BCUT2D eigenvalue weighted by Crippen LogP contribution is 2.35. The second-order valence-corrected chi connectivity index (χ2v) is 5.96. The molecule has 1 fully saturated rings. The van der Waals surface area contributed by atoms with Crippen molar-refractivity contribution in [1.29, 1.82) is 0 Å². The van der Waals surface area contributed by atoms with Gasteiger partial charge in [-0.25, -0.2) is 0 Å². The van der Waals surface area contributed by atoms with Crippen LogP contribution in [0, 0.1) is 19.8 Å². The second-order valence-electron chi connectivity index (χ2n) is 5.96. The first-order valence-corrected chi connectivity index (χ1v) is 7.45. The molecule has 110 valence electrons. The van der Waals surface area contributed by atoms with Crippen molar-refractivity contribution < 1.29 is 4.79 Å².